The van der Waals surface area contributed by atoms with Gasteiger partial charge >= 0.3 is 0 Å². The largest absolute Gasteiger partial charge is 0.396 e. The van der Waals surface area contributed by atoms with Crippen molar-refractivity contribution in [1.82, 2.24) is 0 Å². The molecule has 78 valence electrons. The minimum atomic E-state index is -2.94. The number of rotatable bonds is 2. The summed E-state index contributed by atoms with van der Waals surface area (Å²) in [6, 6.07) is 0. The SMILES string of the molecule is CC1(S(C)(=O)=O)CCC(CO)CC1. The quantitative estimate of drug-likeness (QED) is 0.732. The van der Waals surface area contributed by atoms with E-state index in [-0.39, 0.29) is 6.61 Å². The zero-order chi connectivity index (χ0) is 10.1. The second kappa shape index (κ2) is 3.58. The van der Waals surface area contributed by atoms with Gasteiger partial charge in [0.15, 0.2) is 9.84 Å². The van der Waals surface area contributed by atoms with Gasteiger partial charge in [0.1, 0.15) is 0 Å². The number of hydrogen-bond acceptors (Lipinski definition) is 3. The Morgan fingerprint density at radius 1 is 1.38 bits per heavy atom. The summed E-state index contributed by atoms with van der Waals surface area (Å²) in [7, 11) is -2.94. The third-order valence-corrected chi connectivity index (χ3v) is 5.51. The van der Waals surface area contributed by atoms with E-state index in [2.05, 4.69) is 0 Å². The van der Waals surface area contributed by atoms with Gasteiger partial charge in [-0.15, -0.1) is 0 Å². The fraction of sp³-hybridized carbons (Fsp3) is 1.00. The standard InChI is InChI=1S/C9H18O3S/c1-9(13(2,11)12)5-3-8(7-10)4-6-9/h8,10H,3-7H2,1-2H3. The van der Waals surface area contributed by atoms with Gasteiger partial charge in [0.25, 0.3) is 0 Å². The summed E-state index contributed by atoms with van der Waals surface area (Å²) in [6.45, 7) is 2.01. The Balaban J connectivity index is 2.68. The van der Waals surface area contributed by atoms with Gasteiger partial charge in [-0.3, -0.25) is 0 Å². The van der Waals surface area contributed by atoms with Crippen molar-refractivity contribution < 1.29 is 13.5 Å². The number of aliphatic hydroxyl groups excluding tert-OH is 1. The highest BCUT2D eigenvalue weighted by Gasteiger charge is 2.39. The summed E-state index contributed by atoms with van der Waals surface area (Å²) in [5, 5.41) is 8.91. The van der Waals surface area contributed by atoms with E-state index in [0.717, 1.165) is 12.8 Å². The summed E-state index contributed by atoms with van der Waals surface area (Å²) in [5.41, 5.74) is 0. The summed E-state index contributed by atoms with van der Waals surface area (Å²) in [4.78, 5) is 0. The summed E-state index contributed by atoms with van der Waals surface area (Å²) in [5.74, 6) is 0.315. The molecular formula is C9H18O3S. The Kier molecular flexibility index (Phi) is 3.02. The Bertz CT molecular complexity index is 261. The molecule has 0 unspecified atom stereocenters. The van der Waals surface area contributed by atoms with Crippen molar-refractivity contribution in [2.75, 3.05) is 12.9 Å². The van der Waals surface area contributed by atoms with Crippen molar-refractivity contribution in [3.63, 3.8) is 0 Å². The lowest BCUT2D eigenvalue weighted by molar-refractivity contribution is 0.177. The van der Waals surface area contributed by atoms with Crippen LogP contribution in [0, 0.1) is 5.92 Å². The molecule has 3 nitrogen and oxygen atoms in total. The van der Waals surface area contributed by atoms with Crippen molar-refractivity contribution in [1.29, 1.82) is 0 Å². The van der Waals surface area contributed by atoms with Gasteiger partial charge in [0.05, 0.1) is 4.75 Å². The highest BCUT2D eigenvalue weighted by atomic mass is 32.2. The van der Waals surface area contributed by atoms with E-state index >= 15 is 0 Å². The molecule has 1 aliphatic rings. The first-order valence-electron chi connectivity index (χ1n) is 4.69. The molecular weight excluding hydrogens is 188 g/mol. The first-order chi connectivity index (χ1) is 5.89. The van der Waals surface area contributed by atoms with Crippen molar-refractivity contribution >= 4 is 9.84 Å². The van der Waals surface area contributed by atoms with Gasteiger partial charge in [-0.2, -0.15) is 0 Å². The fourth-order valence-electron chi connectivity index (χ4n) is 1.84. The molecule has 1 fully saturated rings. The van der Waals surface area contributed by atoms with E-state index in [0.29, 0.717) is 18.8 Å². The van der Waals surface area contributed by atoms with Crippen LogP contribution in [-0.2, 0) is 9.84 Å². The third kappa shape index (κ3) is 2.23. The zero-order valence-electron chi connectivity index (χ0n) is 8.28. The van der Waals surface area contributed by atoms with E-state index in [9.17, 15) is 8.42 Å². The van der Waals surface area contributed by atoms with Gasteiger partial charge < -0.3 is 5.11 Å². The molecule has 0 aromatic carbocycles. The second-order valence-electron chi connectivity index (χ2n) is 4.35. The molecule has 1 rings (SSSR count). The van der Waals surface area contributed by atoms with Crippen molar-refractivity contribution in [3.05, 3.63) is 0 Å². The first-order valence-corrected chi connectivity index (χ1v) is 6.59. The first kappa shape index (κ1) is 11.0. The molecule has 0 radical (unpaired) electrons. The highest BCUT2D eigenvalue weighted by Crippen LogP contribution is 2.36. The van der Waals surface area contributed by atoms with Crippen LogP contribution in [0.3, 0.4) is 0 Å². The molecule has 1 aliphatic carbocycles. The van der Waals surface area contributed by atoms with Crippen LogP contribution in [0.1, 0.15) is 32.6 Å². The van der Waals surface area contributed by atoms with Gasteiger partial charge in [0.2, 0.25) is 0 Å². The minimum Gasteiger partial charge on any atom is -0.396 e. The van der Waals surface area contributed by atoms with Gasteiger partial charge in [-0.1, -0.05) is 0 Å². The number of sulfone groups is 1. The van der Waals surface area contributed by atoms with E-state index in [4.69, 9.17) is 5.11 Å². The zero-order valence-corrected chi connectivity index (χ0v) is 9.10. The highest BCUT2D eigenvalue weighted by molar-refractivity contribution is 7.92. The normalized spacial score (nSPS) is 36.1. The molecule has 0 amide bonds. The van der Waals surface area contributed by atoms with E-state index in [1.165, 1.54) is 6.26 Å². The van der Waals surface area contributed by atoms with E-state index in [1.807, 2.05) is 6.92 Å². The van der Waals surface area contributed by atoms with Crippen LogP contribution in [0.4, 0.5) is 0 Å². The Labute approximate surface area is 80.1 Å². The van der Waals surface area contributed by atoms with Crippen LogP contribution in [0.2, 0.25) is 0 Å². The van der Waals surface area contributed by atoms with Gasteiger partial charge in [-0.25, -0.2) is 8.42 Å². The molecule has 0 aromatic heterocycles. The molecule has 13 heavy (non-hydrogen) atoms. The molecule has 0 spiro atoms. The monoisotopic (exact) mass is 206 g/mol. The van der Waals surface area contributed by atoms with Crippen molar-refractivity contribution in [3.8, 4) is 0 Å². The summed E-state index contributed by atoms with van der Waals surface area (Å²) >= 11 is 0. The van der Waals surface area contributed by atoms with Crippen LogP contribution < -0.4 is 0 Å². The summed E-state index contributed by atoms with van der Waals surface area (Å²) in [6.07, 6.45) is 4.36. The molecule has 0 saturated heterocycles. The topological polar surface area (TPSA) is 54.4 Å². The van der Waals surface area contributed by atoms with Crippen LogP contribution in [-0.4, -0.2) is 31.1 Å². The predicted octanol–water partition coefficient (Wildman–Crippen LogP) is 0.972. The van der Waals surface area contributed by atoms with Crippen LogP contribution in [0.15, 0.2) is 0 Å². The Morgan fingerprint density at radius 3 is 2.15 bits per heavy atom. The number of hydrogen-bond donors (Lipinski definition) is 1. The summed E-state index contributed by atoms with van der Waals surface area (Å²) < 4.78 is 22.3. The molecule has 1 N–H and O–H groups in total. The molecule has 0 aliphatic heterocycles. The molecule has 0 aromatic rings. The lowest BCUT2D eigenvalue weighted by Gasteiger charge is -2.35. The second-order valence-corrected chi connectivity index (χ2v) is 6.88. The number of aliphatic hydroxyl groups is 1. The van der Waals surface area contributed by atoms with Crippen LogP contribution in [0.5, 0.6) is 0 Å². The van der Waals surface area contributed by atoms with Gasteiger partial charge in [0, 0.05) is 12.9 Å². The third-order valence-electron chi connectivity index (χ3n) is 3.32. The van der Waals surface area contributed by atoms with E-state index < -0.39 is 14.6 Å². The Morgan fingerprint density at radius 2 is 1.85 bits per heavy atom. The minimum absolute atomic E-state index is 0.194. The maximum atomic E-state index is 11.4. The molecule has 4 heteroatoms. The lowest BCUT2D eigenvalue weighted by Crippen LogP contribution is -2.39. The van der Waals surface area contributed by atoms with Gasteiger partial charge in [-0.05, 0) is 38.5 Å². The van der Waals surface area contributed by atoms with Crippen molar-refractivity contribution in [2.45, 2.75) is 37.4 Å². The lowest BCUT2D eigenvalue weighted by atomic mass is 9.83. The van der Waals surface area contributed by atoms with Crippen molar-refractivity contribution in [2.24, 2.45) is 5.92 Å². The van der Waals surface area contributed by atoms with Crippen LogP contribution in [0.25, 0.3) is 0 Å². The van der Waals surface area contributed by atoms with E-state index in [1.54, 1.807) is 0 Å². The average molecular weight is 206 g/mol. The molecule has 0 bridgehead atoms. The smallest absolute Gasteiger partial charge is 0.152 e. The maximum Gasteiger partial charge on any atom is 0.152 e. The fourth-order valence-corrected chi connectivity index (χ4v) is 2.82. The van der Waals surface area contributed by atoms with Crippen LogP contribution >= 0.6 is 0 Å². The maximum absolute atomic E-state index is 11.4. The Hall–Kier alpha value is -0.0900. The predicted molar refractivity (Wildman–Crippen MR) is 52.3 cm³/mol. The molecule has 1 saturated carbocycles. The molecule has 0 heterocycles. The average Bonchev–Trinajstić information content (AvgIpc) is 2.04. The molecule has 0 atom stereocenters.